The number of ether oxygens (including phenoxy) is 1. The second-order valence-electron chi connectivity index (χ2n) is 3.67. The zero-order valence-electron chi connectivity index (χ0n) is 8.30. The quantitative estimate of drug-likeness (QED) is 0.680. The van der Waals surface area contributed by atoms with Crippen LogP contribution in [0.5, 0.6) is 0 Å². The van der Waals surface area contributed by atoms with E-state index in [-0.39, 0.29) is 11.5 Å². The fraction of sp³-hybridized carbons (Fsp3) is 0.700. The predicted molar refractivity (Wildman–Crippen MR) is 51.5 cm³/mol. The number of hydrogen-bond donors (Lipinski definition) is 1. The number of nitrogens with one attached hydrogen (secondary N) is 1. The molecule has 1 atom stereocenters. The maximum atomic E-state index is 11.0. The van der Waals surface area contributed by atoms with E-state index in [2.05, 4.69) is 24.4 Å². The van der Waals surface area contributed by atoms with Crippen molar-refractivity contribution in [2.24, 2.45) is 5.41 Å². The second-order valence-corrected chi connectivity index (χ2v) is 3.67. The zero-order chi connectivity index (χ0) is 9.73. The lowest BCUT2D eigenvalue weighted by atomic mass is 9.90. The van der Waals surface area contributed by atoms with Crippen LogP contribution in [0.25, 0.3) is 0 Å². The summed E-state index contributed by atoms with van der Waals surface area (Å²) in [6.45, 7) is 5.04. The van der Waals surface area contributed by atoms with Gasteiger partial charge in [0.1, 0.15) is 0 Å². The Morgan fingerprint density at radius 2 is 2.46 bits per heavy atom. The first-order chi connectivity index (χ1) is 6.16. The summed E-state index contributed by atoms with van der Waals surface area (Å²) in [7, 11) is 0. The minimum atomic E-state index is -0.316. The van der Waals surface area contributed by atoms with E-state index in [1.54, 1.807) is 6.92 Å². The van der Waals surface area contributed by atoms with Crippen molar-refractivity contribution in [3.63, 3.8) is 0 Å². The van der Waals surface area contributed by atoms with Gasteiger partial charge in [0.15, 0.2) is 0 Å². The van der Waals surface area contributed by atoms with Gasteiger partial charge in [-0.2, -0.15) is 0 Å². The predicted octanol–water partition coefficient (Wildman–Crippen LogP) is 2.09. The van der Waals surface area contributed by atoms with Gasteiger partial charge in [0.05, 0.1) is 6.61 Å². The molecule has 0 radical (unpaired) electrons. The van der Waals surface area contributed by atoms with Crippen LogP contribution >= 0.6 is 0 Å². The SMILES string of the molecule is CCOC(=O)NC[C@]1(C)C=CCC1. The van der Waals surface area contributed by atoms with Crippen LogP contribution in [-0.4, -0.2) is 19.2 Å². The minimum Gasteiger partial charge on any atom is -0.450 e. The Labute approximate surface area is 79.2 Å². The Balaban J connectivity index is 2.25. The fourth-order valence-corrected chi connectivity index (χ4v) is 1.47. The van der Waals surface area contributed by atoms with E-state index in [0.29, 0.717) is 13.2 Å². The van der Waals surface area contributed by atoms with Gasteiger partial charge >= 0.3 is 6.09 Å². The van der Waals surface area contributed by atoms with Crippen molar-refractivity contribution in [2.45, 2.75) is 26.7 Å². The first-order valence-corrected chi connectivity index (χ1v) is 4.74. The third-order valence-electron chi connectivity index (χ3n) is 2.31. The van der Waals surface area contributed by atoms with Gasteiger partial charge in [-0.25, -0.2) is 4.79 Å². The van der Waals surface area contributed by atoms with Crippen LogP contribution < -0.4 is 5.32 Å². The Morgan fingerprint density at radius 3 is 3.00 bits per heavy atom. The third kappa shape index (κ3) is 3.09. The molecule has 0 saturated heterocycles. The number of allylic oxidation sites excluding steroid dienone is 1. The fourth-order valence-electron chi connectivity index (χ4n) is 1.47. The molecule has 13 heavy (non-hydrogen) atoms. The molecule has 0 fully saturated rings. The van der Waals surface area contributed by atoms with Gasteiger partial charge < -0.3 is 10.1 Å². The van der Waals surface area contributed by atoms with E-state index in [1.807, 2.05) is 0 Å². The molecule has 0 aromatic heterocycles. The molecule has 1 rings (SSSR count). The molecule has 3 heteroatoms. The van der Waals surface area contributed by atoms with Gasteiger partial charge in [-0.1, -0.05) is 19.1 Å². The largest absolute Gasteiger partial charge is 0.450 e. The van der Waals surface area contributed by atoms with Crippen molar-refractivity contribution < 1.29 is 9.53 Å². The van der Waals surface area contributed by atoms with E-state index in [1.165, 1.54) is 0 Å². The lowest BCUT2D eigenvalue weighted by molar-refractivity contribution is 0.148. The summed E-state index contributed by atoms with van der Waals surface area (Å²) in [6, 6.07) is 0. The highest BCUT2D eigenvalue weighted by atomic mass is 16.5. The summed E-state index contributed by atoms with van der Waals surface area (Å²) >= 11 is 0. The summed E-state index contributed by atoms with van der Waals surface area (Å²) in [5.74, 6) is 0. The number of carbonyl (C=O) groups excluding carboxylic acids is 1. The lowest BCUT2D eigenvalue weighted by Crippen LogP contribution is -2.33. The van der Waals surface area contributed by atoms with Crippen LogP contribution in [0.3, 0.4) is 0 Å². The van der Waals surface area contributed by atoms with Crippen molar-refractivity contribution in [2.75, 3.05) is 13.2 Å². The molecule has 0 aromatic rings. The summed E-state index contributed by atoms with van der Waals surface area (Å²) in [6.07, 6.45) is 6.23. The topological polar surface area (TPSA) is 38.3 Å². The van der Waals surface area contributed by atoms with Gasteiger partial charge in [0.2, 0.25) is 0 Å². The lowest BCUT2D eigenvalue weighted by Gasteiger charge is -2.21. The molecule has 0 spiro atoms. The van der Waals surface area contributed by atoms with Crippen LogP contribution in [0.15, 0.2) is 12.2 Å². The van der Waals surface area contributed by atoms with Crippen molar-refractivity contribution in [1.82, 2.24) is 5.32 Å². The van der Waals surface area contributed by atoms with E-state index >= 15 is 0 Å². The normalized spacial score (nSPS) is 26.0. The Bertz CT molecular complexity index is 213. The molecular weight excluding hydrogens is 166 g/mol. The standard InChI is InChI=1S/C10H17NO2/c1-3-13-9(12)11-8-10(2)6-4-5-7-10/h4,6H,3,5,7-8H2,1-2H3,(H,11,12)/t10-/m1/s1. The van der Waals surface area contributed by atoms with E-state index in [9.17, 15) is 4.79 Å². The molecule has 0 unspecified atom stereocenters. The maximum absolute atomic E-state index is 11.0. The van der Waals surface area contributed by atoms with Gasteiger partial charge in [-0.05, 0) is 19.8 Å². The average molecular weight is 183 g/mol. The number of carbonyl (C=O) groups is 1. The summed E-state index contributed by atoms with van der Waals surface area (Å²) in [5, 5.41) is 2.75. The first kappa shape index (κ1) is 10.1. The minimum absolute atomic E-state index is 0.132. The highest BCUT2D eigenvalue weighted by Crippen LogP contribution is 2.30. The third-order valence-corrected chi connectivity index (χ3v) is 2.31. The molecule has 74 valence electrons. The van der Waals surface area contributed by atoms with Crippen LogP contribution in [0, 0.1) is 5.41 Å². The highest BCUT2D eigenvalue weighted by molar-refractivity contribution is 5.67. The van der Waals surface area contributed by atoms with Crippen LogP contribution in [0.4, 0.5) is 4.79 Å². The van der Waals surface area contributed by atoms with Crippen LogP contribution in [0.2, 0.25) is 0 Å². The van der Waals surface area contributed by atoms with E-state index in [4.69, 9.17) is 4.74 Å². The number of hydrogen-bond acceptors (Lipinski definition) is 2. The highest BCUT2D eigenvalue weighted by Gasteiger charge is 2.24. The molecule has 0 heterocycles. The summed E-state index contributed by atoms with van der Waals surface area (Å²) in [5.41, 5.74) is 0.132. The monoisotopic (exact) mass is 183 g/mol. The second kappa shape index (κ2) is 4.30. The van der Waals surface area contributed by atoms with Gasteiger partial charge in [-0.15, -0.1) is 0 Å². The van der Waals surface area contributed by atoms with Crippen molar-refractivity contribution in [3.8, 4) is 0 Å². The van der Waals surface area contributed by atoms with Crippen molar-refractivity contribution >= 4 is 6.09 Å². The first-order valence-electron chi connectivity index (χ1n) is 4.74. The Kier molecular flexibility index (Phi) is 3.34. The average Bonchev–Trinajstić information content (AvgIpc) is 2.51. The smallest absolute Gasteiger partial charge is 0.407 e. The molecule has 3 nitrogen and oxygen atoms in total. The molecule has 1 aliphatic rings. The summed E-state index contributed by atoms with van der Waals surface area (Å²) < 4.78 is 4.77. The van der Waals surface area contributed by atoms with Crippen LogP contribution in [0.1, 0.15) is 26.7 Å². The Morgan fingerprint density at radius 1 is 1.69 bits per heavy atom. The maximum Gasteiger partial charge on any atom is 0.407 e. The van der Waals surface area contributed by atoms with E-state index in [0.717, 1.165) is 12.8 Å². The van der Waals surface area contributed by atoms with Crippen molar-refractivity contribution in [3.05, 3.63) is 12.2 Å². The molecule has 0 aromatic carbocycles. The molecule has 0 bridgehead atoms. The van der Waals surface area contributed by atoms with Gasteiger partial charge in [-0.3, -0.25) is 0 Å². The molecule has 0 aliphatic heterocycles. The van der Waals surface area contributed by atoms with Gasteiger partial charge in [0, 0.05) is 12.0 Å². The summed E-state index contributed by atoms with van der Waals surface area (Å²) in [4.78, 5) is 11.0. The van der Waals surface area contributed by atoms with Crippen LogP contribution in [-0.2, 0) is 4.74 Å². The molecule has 0 saturated carbocycles. The van der Waals surface area contributed by atoms with Crippen molar-refractivity contribution in [1.29, 1.82) is 0 Å². The molecule has 1 aliphatic carbocycles. The van der Waals surface area contributed by atoms with E-state index < -0.39 is 0 Å². The number of rotatable bonds is 3. The Hall–Kier alpha value is -0.990. The molecule has 1 amide bonds. The zero-order valence-corrected chi connectivity index (χ0v) is 8.30. The number of amides is 1. The van der Waals surface area contributed by atoms with Gasteiger partial charge in [0.25, 0.3) is 0 Å². The number of alkyl carbamates (subject to hydrolysis) is 1. The molecule has 1 N–H and O–H groups in total. The molecular formula is C10H17NO2.